The molecule has 2 saturated heterocycles. The standard InChI is InChI=1S/C39H35F3N2O11/c40-39(41,42)22-10-7-19(8-11-22)25-14-27(21-9-12-24-20(13-21)6-5-18-3-1-2-4-23(18)24)44-36(26(25)15-43)55-38-34(51)32(49)35(29(17-46)53-38)54-37-33(50)31(48)30(47)28(16-45)52-37/h1-14,28-35,37-38,45-51H,16-17H2/t28-,29-,30+,31+,32-,33-,34-,35-,37+,38+/m1/s1. The molecule has 0 spiro atoms. The molecule has 5 aromatic rings. The van der Waals surface area contributed by atoms with Gasteiger partial charge in [-0.2, -0.15) is 18.4 Å². The first-order valence-electron chi connectivity index (χ1n) is 17.1. The summed E-state index contributed by atoms with van der Waals surface area (Å²) in [5.74, 6) is -0.422. The van der Waals surface area contributed by atoms with E-state index in [-0.39, 0.29) is 22.4 Å². The second-order valence-corrected chi connectivity index (χ2v) is 13.3. The van der Waals surface area contributed by atoms with E-state index < -0.39 is 92.2 Å². The molecule has 2 fully saturated rings. The lowest BCUT2D eigenvalue weighted by Gasteiger charge is -2.45. The van der Waals surface area contributed by atoms with Crippen molar-refractivity contribution in [3.05, 3.63) is 96.1 Å². The van der Waals surface area contributed by atoms with Gasteiger partial charge in [0.25, 0.3) is 0 Å². The first-order valence-corrected chi connectivity index (χ1v) is 17.1. The summed E-state index contributed by atoms with van der Waals surface area (Å²) in [5, 5.41) is 87.1. The number of hydrogen-bond acceptors (Lipinski definition) is 13. The lowest BCUT2D eigenvalue weighted by molar-refractivity contribution is -0.352. The molecule has 0 radical (unpaired) electrons. The maximum Gasteiger partial charge on any atom is 0.416 e. The van der Waals surface area contributed by atoms with E-state index in [2.05, 4.69) is 4.98 Å². The van der Waals surface area contributed by atoms with Crippen LogP contribution in [0.15, 0.2) is 84.9 Å². The van der Waals surface area contributed by atoms with Gasteiger partial charge in [0, 0.05) is 11.1 Å². The molecule has 0 bridgehead atoms. The number of hydrogen-bond donors (Lipinski definition) is 7. The Bertz CT molecular complexity index is 2210. The fourth-order valence-electron chi connectivity index (χ4n) is 6.86. The van der Waals surface area contributed by atoms with Gasteiger partial charge in [-0.15, -0.1) is 0 Å². The Morgan fingerprint density at radius 2 is 1.33 bits per heavy atom. The van der Waals surface area contributed by atoms with Crippen molar-refractivity contribution in [2.45, 2.75) is 67.6 Å². The fraction of sp³-hybridized carbons (Fsp3) is 0.333. The van der Waals surface area contributed by atoms with Crippen LogP contribution in [0.5, 0.6) is 5.88 Å². The molecule has 2 aliphatic heterocycles. The summed E-state index contributed by atoms with van der Waals surface area (Å²) in [5.41, 5.74) is -0.0604. The Kier molecular flexibility index (Phi) is 10.8. The number of rotatable bonds is 8. The Morgan fingerprint density at radius 3 is 2.02 bits per heavy atom. The molecule has 0 aliphatic carbocycles. The van der Waals surface area contributed by atoms with Gasteiger partial charge in [-0.1, -0.05) is 60.7 Å². The number of nitriles is 1. The average Bonchev–Trinajstić information content (AvgIpc) is 3.19. The highest BCUT2D eigenvalue weighted by atomic mass is 19.4. The minimum absolute atomic E-state index is 0.128. The van der Waals surface area contributed by atoms with Crippen LogP contribution in [0.2, 0.25) is 0 Å². The summed E-state index contributed by atoms with van der Waals surface area (Å²) in [4.78, 5) is 4.57. The normalized spacial score (nSPS) is 28.6. The molecule has 3 heterocycles. The lowest BCUT2D eigenvalue weighted by atomic mass is 9.95. The molecule has 16 heteroatoms. The quantitative estimate of drug-likeness (QED) is 0.113. The number of aliphatic hydroxyl groups is 7. The average molecular weight is 765 g/mol. The van der Waals surface area contributed by atoms with Crippen molar-refractivity contribution in [2.75, 3.05) is 13.2 Å². The van der Waals surface area contributed by atoms with Gasteiger partial charge in [0.2, 0.25) is 12.2 Å². The molecule has 7 rings (SSSR count). The maximum absolute atomic E-state index is 13.5. The van der Waals surface area contributed by atoms with Crippen LogP contribution in [-0.2, 0) is 20.4 Å². The monoisotopic (exact) mass is 764 g/mol. The number of aliphatic hydroxyl groups excluding tert-OH is 7. The van der Waals surface area contributed by atoms with Crippen molar-refractivity contribution in [1.82, 2.24) is 4.98 Å². The third-order valence-electron chi connectivity index (χ3n) is 9.85. The molecule has 0 saturated carbocycles. The Balaban J connectivity index is 1.25. The maximum atomic E-state index is 13.5. The second-order valence-electron chi connectivity index (χ2n) is 13.3. The SMILES string of the molecule is N#Cc1c(-c2ccc(C(F)(F)F)cc2)cc(-c2ccc3c(ccc4ccccc43)c2)nc1O[C@@H]1O[C@H](CO)[C@@H](O[C@@H]2O[C@H](CO)[C@H](O)[C@H](O)[C@H]2O)[C@H](O)[C@H]1O. The van der Waals surface area contributed by atoms with Gasteiger partial charge in [0.05, 0.1) is 24.5 Å². The van der Waals surface area contributed by atoms with Gasteiger partial charge in [0.1, 0.15) is 60.5 Å². The Morgan fingerprint density at radius 1 is 0.691 bits per heavy atom. The molecule has 1 aromatic heterocycles. The number of fused-ring (bicyclic) bond motifs is 3. The highest BCUT2D eigenvalue weighted by Gasteiger charge is 2.51. The van der Waals surface area contributed by atoms with E-state index in [0.717, 1.165) is 33.7 Å². The fourth-order valence-corrected chi connectivity index (χ4v) is 6.86. The second kappa shape index (κ2) is 15.4. The number of ether oxygens (including phenoxy) is 4. The van der Waals surface area contributed by atoms with E-state index in [1.807, 2.05) is 54.6 Å². The van der Waals surface area contributed by atoms with Crippen LogP contribution in [0.1, 0.15) is 11.1 Å². The number of alkyl halides is 3. The van der Waals surface area contributed by atoms with Gasteiger partial charge in [-0.05, 0) is 51.4 Å². The van der Waals surface area contributed by atoms with Crippen LogP contribution in [0.25, 0.3) is 43.9 Å². The van der Waals surface area contributed by atoms with Crippen molar-refractivity contribution < 1.29 is 67.9 Å². The summed E-state index contributed by atoms with van der Waals surface area (Å²) in [6, 6.07) is 24.8. The van der Waals surface area contributed by atoms with E-state index in [0.29, 0.717) is 5.56 Å². The molecule has 2 aliphatic rings. The zero-order chi connectivity index (χ0) is 39.2. The third kappa shape index (κ3) is 7.35. The van der Waals surface area contributed by atoms with Gasteiger partial charge in [-0.3, -0.25) is 0 Å². The van der Waals surface area contributed by atoms with Crippen LogP contribution in [0, 0.1) is 11.3 Å². The van der Waals surface area contributed by atoms with Crippen molar-refractivity contribution in [2.24, 2.45) is 0 Å². The minimum atomic E-state index is -4.62. The molecule has 55 heavy (non-hydrogen) atoms. The minimum Gasteiger partial charge on any atom is -0.444 e. The highest BCUT2D eigenvalue weighted by Crippen LogP contribution is 2.39. The molecule has 13 nitrogen and oxygen atoms in total. The highest BCUT2D eigenvalue weighted by molar-refractivity contribution is 6.08. The molecule has 4 aromatic carbocycles. The van der Waals surface area contributed by atoms with Crippen molar-refractivity contribution >= 4 is 21.5 Å². The van der Waals surface area contributed by atoms with E-state index >= 15 is 0 Å². The first kappa shape index (κ1) is 38.5. The number of benzene rings is 4. The molecular weight excluding hydrogens is 729 g/mol. The molecule has 7 N–H and O–H groups in total. The zero-order valence-corrected chi connectivity index (χ0v) is 28.6. The molecular formula is C39H35F3N2O11. The molecule has 0 unspecified atom stereocenters. The summed E-state index contributed by atoms with van der Waals surface area (Å²) in [6.45, 7) is -1.62. The van der Waals surface area contributed by atoms with Crippen LogP contribution in [-0.4, -0.2) is 115 Å². The third-order valence-corrected chi connectivity index (χ3v) is 9.85. The van der Waals surface area contributed by atoms with Gasteiger partial charge in [-0.25, -0.2) is 4.98 Å². The summed E-state index contributed by atoms with van der Waals surface area (Å²) in [6.07, 6.45) is -22.0. The number of halogens is 3. The Hall–Kier alpha value is -4.77. The lowest BCUT2D eigenvalue weighted by Crippen LogP contribution is -2.65. The first-order chi connectivity index (χ1) is 26.3. The number of pyridine rings is 1. The van der Waals surface area contributed by atoms with Gasteiger partial charge < -0.3 is 54.7 Å². The predicted molar refractivity (Wildman–Crippen MR) is 187 cm³/mol. The Labute approximate surface area is 310 Å². The molecule has 0 amide bonds. The van der Waals surface area contributed by atoms with E-state index in [1.54, 1.807) is 6.07 Å². The molecule has 10 atom stereocenters. The summed E-state index contributed by atoms with van der Waals surface area (Å²) >= 11 is 0. The van der Waals surface area contributed by atoms with Crippen LogP contribution in [0.3, 0.4) is 0 Å². The zero-order valence-electron chi connectivity index (χ0n) is 28.6. The van der Waals surface area contributed by atoms with Crippen LogP contribution < -0.4 is 4.74 Å². The van der Waals surface area contributed by atoms with E-state index in [1.165, 1.54) is 18.2 Å². The van der Waals surface area contributed by atoms with Crippen molar-refractivity contribution in [1.29, 1.82) is 5.26 Å². The van der Waals surface area contributed by atoms with Gasteiger partial charge >= 0.3 is 6.18 Å². The van der Waals surface area contributed by atoms with E-state index in [9.17, 15) is 54.2 Å². The van der Waals surface area contributed by atoms with Crippen LogP contribution in [0.4, 0.5) is 13.2 Å². The summed E-state index contributed by atoms with van der Waals surface area (Å²) in [7, 11) is 0. The van der Waals surface area contributed by atoms with E-state index in [4.69, 9.17) is 18.9 Å². The van der Waals surface area contributed by atoms with Gasteiger partial charge in [0.15, 0.2) is 6.29 Å². The topological polar surface area (TPSA) is 215 Å². The number of nitrogens with zero attached hydrogens (tertiary/aromatic N) is 2. The summed E-state index contributed by atoms with van der Waals surface area (Å²) < 4.78 is 63.1. The smallest absolute Gasteiger partial charge is 0.416 e. The van der Waals surface area contributed by atoms with Crippen molar-refractivity contribution in [3.8, 4) is 34.3 Å². The van der Waals surface area contributed by atoms with Crippen LogP contribution >= 0.6 is 0 Å². The largest absolute Gasteiger partial charge is 0.444 e. The molecule has 288 valence electrons. The number of aromatic nitrogens is 1. The van der Waals surface area contributed by atoms with Crippen molar-refractivity contribution in [3.63, 3.8) is 0 Å². The predicted octanol–water partition coefficient (Wildman–Crippen LogP) is 2.62.